The van der Waals surface area contributed by atoms with Crippen LogP contribution in [0.4, 0.5) is 17.6 Å². The van der Waals surface area contributed by atoms with Crippen LogP contribution in [-0.4, -0.2) is 41.8 Å². The molecular weight excluding hydrogens is 426 g/mol. The van der Waals surface area contributed by atoms with Crippen LogP contribution in [0, 0.1) is 0 Å². The number of nitrogens with zero attached hydrogens (tertiary/aromatic N) is 7. The number of hydrogen-bond acceptors (Lipinski definition) is 10. The minimum Gasteiger partial charge on any atom is -0.495 e. The summed E-state index contributed by atoms with van der Waals surface area (Å²) < 4.78 is 7.57. The van der Waals surface area contributed by atoms with Gasteiger partial charge in [0.05, 0.1) is 18.6 Å². The fourth-order valence-corrected chi connectivity index (χ4v) is 4.15. The molecule has 0 atom stereocenters. The molecule has 3 aromatic heterocycles. The van der Waals surface area contributed by atoms with Crippen LogP contribution in [0.5, 0.6) is 5.75 Å². The molecule has 0 saturated heterocycles. The molecule has 1 fully saturated rings. The monoisotopic (exact) mass is 447 g/mol. The van der Waals surface area contributed by atoms with E-state index in [1.165, 1.54) is 11.8 Å². The van der Waals surface area contributed by atoms with E-state index in [0.29, 0.717) is 29.3 Å². The predicted octanol–water partition coefficient (Wildman–Crippen LogP) is 3.49. The highest BCUT2D eigenvalue weighted by atomic mass is 32.2. The topological polar surface area (TPSA) is 130 Å². The Kier molecular flexibility index (Phi) is 5.55. The van der Waals surface area contributed by atoms with E-state index in [9.17, 15) is 0 Å². The van der Waals surface area contributed by atoms with Crippen molar-refractivity contribution in [1.29, 1.82) is 0 Å². The van der Waals surface area contributed by atoms with Crippen LogP contribution in [0.25, 0.3) is 11.4 Å². The lowest BCUT2D eigenvalue weighted by Crippen LogP contribution is -2.07. The van der Waals surface area contributed by atoms with Gasteiger partial charge in [-0.25, -0.2) is 0 Å². The second kappa shape index (κ2) is 8.79. The SMILES string of the molecule is COc1ccccc1Nc1nc(N)nc(CSc2nnc(-c3ccncc3)n2C2CC2)n1. The molecule has 3 N–H and O–H groups in total. The Labute approximate surface area is 188 Å². The highest BCUT2D eigenvalue weighted by molar-refractivity contribution is 7.98. The molecule has 0 unspecified atom stereocenters. The van der Waals surface area contributed by atoms with Crippen molar-refractivity contribution in [2.24, 2.45) is 0 Å². The Bertz CT molecular complexity index is 1230. The molecule has 10 nitrogen and oxygen atoms in total. The predicted molar refractivity (Wildman–Crippen MR) is 122 cm³/mol. The maximum atomic E-state index is 5.94. The van der Waals surface area contributed by atoms with Gasteiger partial charge in [0.2, 0.25) is 11.9 Å². The normalized spacial score (nSPS) is 13.2. The molecule has 5 rings (SSSR count). The molecule has 0 bridgehead atoms. The van der Waals surface area contributed by atoms with Gasteiger partial charge in [-0.2, -0.15) is 15.0 Å². The van der Waals surface area contributed by atoms with Crippen LogP contribution in [-0.2, 0) is 5.75 Å². The Hall–Kier alpha value is -3.73. The van der Waals surface area contributed by atoms with Gasteiger partial charge in [0.1, 0.15) is 11.6 Å². The summed E-state index contributed by atoms with van der Waals surface area (Å²) in [5, 5.41) is 12.8. The van der Waals surface area contributed by atoms with Gasteiger partial charge in [0, 0.05) is 24.0 Å². The first-order valence-electron chi connectivity index (χ1n) is 10.1. The molecule has 162 valence electrons. The number of methoxy groups -OCH3 is 1. The standard InChI is InChI=1S/C21H21N9OS/c1-31-16-5-3-2-4-15(16)24-20-26-17(25-19(22)27-20)12-32-21-29-28-18(30(21)14-6-7-14)13-8-10-23-11-9-13/h2-5,8-11,14H,6-7,12H2,1H3,(H3,22,24,25,26,27). The largest absolute Gasteiger partial charge is 0.495 e. The lowest BCUT2D eigenvalue weighted by atomic mass is 10.2. The molecule has 0 spiro atoms. The quantitative estimate of drug-likeness (QED) is 0.387. The second-order valence-electron chi connectivity index (χ2n) is 7.19. The lowest BCUT2D eigenvalue weighted by Gasteiger charge is -2.11. The van der Waals surface area contributed by atoms with Crippen molar-refractivity contribution < 1.29 is 4.74 Å². The van der Waals surface area contributed by atoms with Crippen molar-refractivity contribution in [3.8, 4) is 17.1 Å². The fourth-order valence-electron chi connectivity index (χ4n) is 3.29. The molecule has 0 radical (unpaired) electrons. The third-order valence-electron chi connectivity index (χ3n) is 4.90. The number of ether oxygens (including phenoxy) is 1. The number of anilines is 3. The summed E-state index contributed by atoms with van der Waals surface area (Å²) in [7, 11) is 1.61. The molecule has 11 heteroatoms. The van der Waals surface area contributed by atoms with Crippen LogP contribution in [0.3, 0.4) is 0 Å². The number of nitrogens with two attached hydrogens (primary N) is 1. The summed E-state index contributed by atoms with van der Waals surface area (Å²) in [5.41, 5.74) is 7.68. The van der Waals surface area contributed by atoms with Gasteiger partial charge in [0.25, 0.3) is 0 Å². The smallest absolute Gasteiger partial charge is 0.232 e. The Morgan fingerprint density at radius 3 is 2.69 bits per heavy atom. The molecule has 1 aromatic carbocycles. The minimum atomic E-state index is 0.147. The summed E-state index contributed by atoms with van der Waals surface area (Å²) in [6.07, 6.45) is 5.76. The summed E-state index contributed by atoms with van der Waals surface area (Å²) in [5.74, 6) is 3.08. The summed E-state index contributed by atoms with van der Waals surface area (Å²) in [6.45, 7) is 0. The Morgan fingerprint density at radius 1 is 1.09 bits per heavy atom. The van der Waals surface area contributed by atoms with Crippen LogP contribution in [0.1, 0.15) is 24.7 Å². The van der Waals surface area contributed by atoms with E-state index in [-0.39, 0.29) is 5.95 Å². The zero-order valence-corrected chi connectivity index (χ0v) is 18.2. The minimum absolute atomic E-state index is 0.147. The molecule has 4 aromatic rings. The van der Waals surface area contributed by atoms with Crippen molar-refractivity contribution >= 4 is 29.3 Å². The fraction of sp³-hybridized carbons (Fsp3) is 0.238. The number of hydrogen-bond donors (Lipinski definition) is 2. The van der Waals surface area contributed by atoms with Crippen LogP contribution >= 0.6 is 11.8 Å². The van der Waals surface area contributed by atoms with Gasteiger partial charge in [-0.15, -0.1) is 10.2 Å². The maximum Gasteiger partial charge on any atom is 0.232 e. The van der Waals surface area contributed by atoms with E-state index in [0.717, 1.165) is 35.1 Å². The van der Waals surface area contributed by atoms with Gasteiger partial charge in [-0.1, -0.05) is 23.9 Å². The van der Waals surface area contributed by atoms with E-state index in [2.05, 4.69) is 40.0 Å². The zero-order chi connectivity index (χ0) is 21.9. The third kappa shape index (κ3) is 4.33. The number of pyridine rings is 1. The molecule has 0 amide bonds. The molecule has 1 aliphatic carbocycles. The third-order valence-corrected chi connectivity index (χ3v) is 5.84. The number of nitrogen functional groups attached to an aromatic ring is 1. The summed E-state index contributed by atoms with van der Waals surface area (Å²) in [6, 6.07) is 11.8. The number of thioether (sulfide) groups is 1. The van der Waals surface area contributed by atoms with E-state index in [1.54, 1.807) is 19.5 Å². The van der Waals surface area contributed by atoms with Crippen LogP contribution in [0.2, 0.25) is 0 Å². The molecule has 0 aliphatic heterocycles. The molecular formula is C21H21N9OS. The average Bonchev–Trinajstić information content (AvgIpc) is 3.57. The summed E-state index contributed by atoms with van der Waals surface area (Å²) in [4.78, 5) is 17.1. The first-order chi connectivity index (χ1) is 15.7. The molecule has 1 aliphatic rings. The maximum absolute atomic E-state index is 5.94. The number of para-hydroxylation sites is 2. The zero-order valence-electron chi connectivity index (χ0n) is 17.3. The van der Waals surface area contributed by atoms with Gasteiger partial charge in [0.15, 0.2) is 11.0 Å². The van der Waals surface area contributed by atoms with Crippen molar-refractivity contribution in [1.82, 2.24) is 34.7 Å². The van der Waals surface area contributed by atoms with E-state index < -0.39 is 0 Å². The van der Waals surface area contributed by atoms with Gasteiger partial charge in [-0.3, -0.25) is 9.55 Å². The lowest BCUT2D eigenvalue weighted by molar-refractivity contribution is 0.417. The van der Waals surface area contributed by atoms with E-state index in [4.69, 9.17) is 10.5 Å². The number of rotatable bonds is 8. The van der Waals surface area contributed by atoms with Crippen molar-refractivity contribution in [2.45, 2.75) is 29.8 Å². The van der Waals surface area contributed by atoms with Crippen molar-refractivity contribution in [3.05, 3.63) is 54.6 Å². The van der Waals surface area contributed by atoms with E-state index in [1.807, 2.05) is 36.4 Å². The van der Waals surface area contributed by atoms with Gasteiger partial charge in [-0.05, 0) is 37.1 Å². The number of nitrogens with one attached hydrogen (secondary N) is 1. The molecule has 1 saturated carbocycles. The molecule has 32 heavy (non-hydrogen) atoms. The van der Waals surface area contributed by atoms with Crippen LogP contribution in [0.15, 0.2) is 53.9 Å². The first-order valence-corrected chi connectivity index (χ1v) is 11.1. The number of aromatic nitrogens is 7. The second-order valence-corrected chi connectivity index (χ2v) is 8.13. The summed E-state index contributed by atoms with van der Waals surface area (Å²) >= 11 is 1.53. The van der Waals surface area contributed by atoms with Gasteiger partial charge < -0.3 is 15.8 Å². The first kappa shape index (κ1) is 20.2. The van der Waals surface area contributed by atoms with Gasteiger partial charge >= 0.3 is 0 Å². The Balaban J connectivity index is 1.36. The van der Waals surface area contributed by atoms with Crippen molar-refractivity contribution in [3.63, 3.8) is 0 Å². The van der Waals surface area contributed by atoms with Crippen LogP contribution < -0.4 is 15.8 Å². The number of benzene rings is 1. The average molecular weight is 448 g/mol. The van der Waals surface area contributed by atoms with E-state index >= 15 is 0 Å². The highest BCUT2D eigenvalue weighted by Crippen LogP contribution is 2.41. The molecule has 3 heterocycles. The van der Waals surface area contributed by atoms with Crippen molar-refractivity contribution in [2.75, 3.05) is 18.2 Å². The Morgan fingerprint density at radius 2 is 1.91 bits per heavy atom. The highest BCUT2D eigenvalue weighted by Gasteiger charge is 2.30.